The van der Waals surface area contributed by atoms with E-state index in [1.165, 1.54) is 24.3 Å². The first kappa shape index (κ1) is 14.8. The summed E-state index contributed by atoms with van der Waals surface area (Å²) in [5.74, 6) is -2.77. The van der Waals surface area contributed by atoms with Gasteiger partial charge in [-0.2, -0.15) is 0 Å². The third kappa shape index (κ3) is 3.11. The quantitative estimate of drug-likeness (QED) is 0.809. The van der Waals surface area contributed by atoms with Crippen LogP contribution in [0.15, 0.2) is 36.4 Å². The molecule has 0 fully saturated rings. The molecule has 0 aliphatic heterocycles. The largest absolute Gasteiger partial charge is 0.478 e. The van der Waals surface area contributed by atoms with Gasteiger partial charge in [-0.05, 0) is 30.3 Å². The van der Waals surface area contributed by atoms with Crippen LogP contribution < -0.4 is 11.1 Å². The van der Waals surface area contributed by atoms with E-state index in [9.17, 15) is 14.0 Å². The second-order valence-electron chi connectivity index (χ2n) is 4.15. The van der Waals surface area contributed by atoms with E-state index in [4.69, 9.17) is 22.4 Å². The van der Waals surface area contributed by atoms with Crippen molar-refractivity contribution >= 4 is 34.9 Å². The van der Waals surface area contributed by atoms with E-state index in [2.05, 4.69) is 5.32 Å². The van der Waals surface area contributed by atoms with Crippen LogP contribution in [0.1, 0.15) is 20.7 Å². The number of aromatic carboxylic acids is 1. The van der Waals surface area contributed by atoms with Gasteiger partial charge in [0.25, 0.3) is 5.91 Å². The summed E-state index contributed by atoms with van der Waals surface area (Å²) in [6, 6.07) is 7.93. The summed E-state index contributed by atoms with van der Waals surface area (Å²) < 4.78 is 13.9. The van der Waals surface area contributed by atoms with Crippen molar-refractivity contribution in [3.05, 3.63) is 58.4 Å². The summed E-state index contributed by atoms with van der Waals surface area (Å²) >= 11 is 5.88. The van der Waals surface area contributed by atoms with E-state index in [-0.39, 0.29) is 27.5 Å². The number of anilines is 2. The molecule has 0 aliphatic carbocycles. The molecule has 0 bridgehead atoms. The predicted molar refractivity (Wildman–Crippen MR) is 76.6 cm³/mol. The van der Waals surface area contributed by atoms with E-state index >= 15 is 0 Å². The number of amides is 1. The summed E-state index contributed by atoms with van der Waals surface area (Å²) in [7, 11) is 0. The number of nitrogens with two attached hydrogens (primary N) is 1. The van der Waals surface area contributed by atoms with Gasteiger partial charge in [-0.15, -0.1) is 0 Å². The maximum atomic E-state index is 13.9. The van der Waals surface area contributed by atoms with Crippen molar-refractivity contribution < 1.29 is 19.1 Å². The first-order chi connectivity index (χ1) is 9.90. The van der Waals surface area contributed by atoms with E-state index < -0.39 is 17.7 Å². The lowest BCUT2D eigenvalue weighted by Gasteiger charge is -2.12. The molecule has 2 aromatic rings. The summed E-state index contributed by atoms with van der Waals surface area (Å²) in [5, 5.41) is 11.6. The molecular weight excluding hydrogens is 299 g/mol. The Morgan fingerprint density at radius 1 is 1.19 bits per heavy atom. The molecule has 5 nitrogen and oxygen atoms in total. The van der Waals surface area contributed by atoms with E-state index in [0.29, 0.717) is 0 Å². The van der Waals surface area contributed by atoms with Crippen LogP contribution in [-0.2, 0) is 0 Å². The Morgan fingerprint density at radius 3 is 2.48 bits per heavy atom. The van der Waals surface area contributed by atoms with Crippen molar-refractivity contribution in [2.24, 2.45) is 5.73 Å². The Labute approximate surface area is 124 Å². The third-order valence-electron chi connectivity index (χ3n) is 2.75. The van der Waals surface area contributed by atoms with Crippen LogP contribution in [-0.4, -0.2) is 17.0 Å². The standard InChI is InChI=1S/C14H10ClFN2O3/c15-8-2-1-3-11(12(8)13(17)19)18-10-5-4-7(14(20)21)6-9(10)16/h1-6,18H,(H2,17,19)(H,20,21). The van der Waals surface area contributed by atoms with E-state index in [0.717, 1.165) is 6.07 Å². The molecule has 2 aromatic carbocycles. The summed E-state index contributed by atoms with van der Waals surface area (Å²) in [6.45, 7) is 0. The van der Waals surface area contributed by atoms with E-state index in [1.54, 1.807) is 6.07 Å². The first-order valence-corrected chi connectivity index (χ1v) is 6.16. The SMILES string of the molecule is NC(=O)c1c(Cl)cccc1Nc1ccc(C(=O)O)cc1F. The van der Waals surface area contributed by atoms with Crippen LogP contribution in [0.5, 0.6) is 0 Å². The highest BCUT2D eigenvalue weighted by Crippen LogP contribution is 2.28. The number of benzene rings is 2. The lowest BCUT2D eigenvalue weighted by molar-refractivity contribution is 0.0696. The monoisotopic (exact) mass is 308 g/mol. The lowest BCUT2D eigenvalue weighted by atomic mass is 10.1. The number of primary amides is 1. The zero-order valence-corrected chi connectivity index (χ0v) is 11.3. The van der Waals surface area contributed by atoms with Gasteiger partial charge in [-0.1, -0.05) is 17.7 Å². The zero-order valence-electron chi connectivity index (χ0n) is 10.6. The fourth-order valence-electron chi connectivity index (χ4n) is 1.77. The topological polar surface area (TPSA) is 92.4 Å². The molecular formula is C14H10ClFN2O3. The Balaban J connectivity index is 2.42. The molecule has 21 heavy (non-hydrogen) atoms. The highest BCUT2D eigenvalue weighted by atomic mass is 35.5. The minimum absolute atomic E-state index is 0.00441. The maximum absolute atomic E-state index is 13.9. The molecule has 108 valence electrons. The van der Waals surface area contributed by atoms with Crippen molar-refractivity contribution in [1.29, 1.82) is 0 Å². The molecule has 7 heteroatoms. The van der Waals surface area contributed by atoms with Crippen molar-refractivity contribution in [2.75, 3.05) is 5.32 Å². The number of hydrogen-bond donors (Lipinski definition) is 3. The number of carbonyl (C=O) groups excluding carboxylic acids is 1. The molecule has 0 aromatic heterocycles. The number of hydrogen-bond acceptors (Lipinski definition) is 3. The van der Waals surface area contributed by atoms with Gasteiger partial charge in [0, 0.05) is 0 Å². The molecule has 0 saturated carbocycles. The third-order valence-corrected chi connectivity index (χ3v) is 3.06. The van der Waals surface area contributed by atoms with Crippen LogP contribution in [0.4, 0.5) is 15.8 Å². The van der Waals surface area contributed by atoms with Crippen LogP contribution in [0.25, 0.3) is 0 Å². The molecule has 0 heterocycles. The summed E-state index contributed by atoms with van der Waals surface area (Å²) in [4.78, 5) is 22.1. The molecule has 0 saturated heterocycles. The van der Waals surface area contributed by atoms with Crippen molar-refractivity contribution in [3.8, 4) is 0 Å². The molecule has 0 aliphatic rings. The van der Waals surface area contributed by atoms with Crippen molar-refractivity contribution in [1.82, 2.24) is 0 Å². The van der Waals surface area contributed by atoms with Gasteiger partial charge in [0.2, 0.25) is 0 Å². The van der Waals surface area contributed by atoms with Gasteiger partial charge in [0.1, 0.15) is 5.82 Å². The fourth-order valence-corrected chi connectivity index (χ4v) is 2.04. The van der Waals surface area contributed by atoms with Crippen LogP contribution >= 0.6 is 11.6 Å². The summed E-state index contributed by atoms with van der Waals surface area (Å²) in [5.41, 5.74) is 5.32. The predicted octanol–water partition coefficient (Wildman–Crippen LogP) is 3.02. The van der Waals surface area contributed by atoms with Gasteiger partial charge in [-0.25, -0.2) is 9.18 Å². The van der Waals surface area contributed by atoms with Gasteiger partial charge in [0.15, 0.2) is 0 Å². The van der Waals surface area contributed by atoms with Crippen molar-refractivity contribution in [3.63, 3.8) is 0 Å². The number of carboxylic acid groups (broad SMARTS) is 1. The second-order valence-corrected chi connectivity index (χ2v) is 4.56. The van der Waals surface area contributed by atoms with Gasteiger partial charge in [0.05, 0.1) is 27.5 Å². The number of halogens is 2. The van der Waals surface area contributed by atoms with Crippen LogP contribution in [0.3, 0.4) is 0 Å². The first-order valence-electron chi connectivity index (χ1n) is 5.78. The second kappa shape index (κ2) is 5.80. The Hall–Kier alpha value is -2.60. The Bertz CT molecular complexity index is 734. The van der Waals surface area contributed by atoms with Crippen molar-refractivity contribution in [2.45, 2.75) is 0 Å². The van der Waals surface area contributed by atoms with Gasteiger partial charge in [-0.3, -0.25) is 4.79 Å². The van der Waals surface area contributed by atoms with E-state index in [1.807, 2.05) is 0 Å². The molecule has 0 spiro atoms. The van der Waals surface area contributed by atoms with Crippen LogP contribution in [0.2, 0.25) is 5.02 Å². The molecule has 0 radical (unpaired) electrons. The molecule has 0 unspecified atom stereocenters. The normalized spacial score (nSPS) is 10.2. The smallest absolute Gasteiger partial charge is 0.335 e. The van der Waals surface area contributed by atoms with Crippen LogP contribution in [0, 0.1) is 5.82 Å². The highest BCUT2D eigenvalue weighted by Gasteiger charge is 2.14. The number of carboxylic acids is 1. The summed E-state index contributed by atoms with van der Waals surface area (Å²) in [6.07, 6.45) is 0. The molecule has 4 N–H and O–H groups in total. The van der Waals surface area contributed by atoms with Gasteiger partial charge < -0.3 is 16.2 Å². The highest BCUT2D eigenvalue weighted by molar-refractivity contribution is 6.34. The zero-order chi connectivity index (χ0) is 15.6. The molecule has 2 rings (SSSR count). The number of nitrogens with one attached hydrogen (secondary N) is 1. The number of carbonyl (C=O) groups is 2. The fraction of sp³-hybridized carbons (Fsp3) is 0. The maximum Gasteiger partial charge on any atom is 0.335 e. The Morgan fingerprint density at radius 2 is 1.90 bits per heavy atom. The molecule has 1 amide bonds. The lowest BCUT2D eigenvalue weighted by Crippen LogP contribution is -2.14. The number of rotatable bonds is 4. The minimum atomic E-state index is -1.24. The molecule has 0 atom stereocenters. The minimum Gasteiger partial charge on any atom is -0.478 e. The average Bonchev–Trinajstić information content (AvgIpc) is 2.40. The Kier molecular flexibility index (Phi) is 4.09. The van der Waals surface area contributed by atoms with Gasteiger partial charge >= 0.3 is 5.97 Å². The average molecular weight is 309 g/mol.